The largest absolute Gasteiger partial charge is 0.292 e. The normalized spacial score (nSPS) is 29.7. The minimum Gasteiger partial charge on any atom is -0.292 e. The van der Waals surface area contributed by atoms with Gasteiger partial charge in [0.2, 0.25) is 0 Å². The van der Waals surface area contributed by atoms with Crippen LogP contribution in [-0.4, -0.2) is 10.8 Å². The van der Waals surface area contributed by atoms with Gasteiger partial charge in [-0.25, -0.2) is 0 Å². The maximum atomic E-state index is 12.9. The van der Waals surface area contributed by atoms with Gasteiger partial charge in [0, 0.05) is 18.0 Å². The van der Waals surface area contributed by atoms with Crippen LogP contribution in [0, 0.1) is 17.8 Å². The van der Waals surface area contributed by atoms with Gasteiger partial charge >= 0.3 is 0 Å². The molecule has 2 heteroatoms. The number of nitrogens with zero attached hydrogens (tertiary/aromatic N) is 1. The molecule has 21 heavy (non-hydrogen) atoms. The van der Waals surface area contributed by atoms with Crippen molar-refractivity contribution in [3.63, 3.8) is 0 Å². The Bertz CT molecular complexity index is 677. The minimum absolute atomic E-state index is 0.0392. The molecule has 0 N–H and O–H groups in total. The smallest absolute Gasteiger partial charge is 0.185 e. The summed E-state index contributed by atoms with van der Waals surface area (Å²) in [4.78, 5) is 17.2. The van der Waals surface area contributed by atoms with Crippen LogP contribution in [0.25, 0.3) is 0 Å². The van der Waals surface area contributed by atoms with E-state index in [0.717, 1.165) is 6.42 Å². The fraction of sp³-hybridized carbons (Fsp3) is 0.263. The van der Waals surface area contributed by atoms with Crippen molar-refractivity contribution in [3.8, 4) is 0 Å². The van der Waals surface area contributed by atoms with E-state index in [1.165, 1.54) is 5.56 Å². The van der Waals surface area contributed by atoms with Crippen molar-refractivity contribution in [1.82, 2.24) is 4.98 Å². The molecule has 0 saturated heterocycles. The van der Waals surface area contributed by atoms with Crippen molar-refractivity contribution in [2.45, 2.75) is 12.3 Å². The van der Waals surface area contributed by atoms with Crippen LogP contribution in [0.15, 0.2) is 66.9 Å². The fourth-order valence-electron chi connectivity index (χ4n) is 3.99. The zero-order chi connectivity index (χ0) is 14.2. The van der Waals surface area contributed by atoms with Gasteiger partial charge in [0.1, 0.15) is 5.69 Å². The van der Waals surface area contributed by atoms with Crippen LogP contribution in [0.1, 0.15) is 28.4 Å². The third-order valence-corrected chi connectivity index (χ3v) is 4.86. The molecule has 0 radical (unpaired) electrons. The second-order valence-electron chi connectivity index (χ2n) is 5.99. The number of fused-ring (bicyclic) bond motifs is 2. The zero-order valence-electron chi connectivity index (χ0n) is 11.7. The van der Waals surface area contributed by atoms with E-state index >= 15 is 0 Å². The Morgan fingerprint density at radius 2 is 1.71 bits per heavy atom. The van der Waals surface area contributed by atoms with Crippen LogP contribution in [0.2, 0.25) is 0 Å². The Labute approximate surface area is 124 Å². The first-order chi connectivity index (χ1) is 10.3. The lowest BCUT2D eigenvalue weighted by Gasteiger charge is -2.27. The van der Waals surface area contributed by atoms with Gasteiger partial charge in [0.15, 0.2) is 5.78 Å². The fourth-order valence-corrected chi connectivity index (χ4v) is 3.99. The van der Waals surface area contributed by atoms with Crippen LogP contribution >= 0.6 is 0 Å². The highest BCUT2D eigenvalue weighted by molar-refractivity contribution is 5.97. The third-order valence-electron chi connectivity index (χ3n) is 4.86. The van der Waals surface area contributed by atoms with Gasteiger partial charge in [-0.15, -0.1) is 0 Å². The Morgan fingerprint density at radius 1 is 0.952 bits per heavy atom. The molecule has 2 aliphatic carbocycles. The molecule has 1 heterocycles. The number of pyridine rings is 1. The molecule has 0 aliphatic heterocycles. The highest BCUT2D eigenvalue weighted by atomic mass is 16.1. The maximum Gasteiger partial charge on any atom is 0.185 e. The van der Waals surface area contributed by atoms with Gasteiger partial charge in [0.05, 0.1) is 0 Å². The average molecular weight is 275 g/mol. The molecule has 0 spiro atoms. The first kappa shape index (κ1) is 12.5. The summed E-state index contributed by atoms with van der Waals surface area (Å²) in [7, 11) is 0. The molecule has 0 amide bonds. The second kappa shape index (κ2) is 4.96. The van der Waals surface area contributed by atoms with Crippen molar-refractivity contribution < 1.29 is 4.79 Å². The van der Waals surface area contributed by atoms with E-state index in [9.17, 15) is 4.79 Å². The topological polar surface area (TPSA) is 30.0 Å². The van der Waals surface area contributed by atoms with E-state index < -0.39 is 0 Å². The van der Waals surface area contributed by atoms with E-state index in [0.29, 0.717) is 23.4 Å². The average Bonchev–Trinajstić information content (AvgIpc) is 3.17. The number of ketones is 1. The summed E-state index contributed by atoms with van der Waals surface area (Å²) >= 11 is 0. The van der Waals surface area contributed by atoms with Gasteiger partial charge in [0.25, 0.3) is 0 Å². The van der Waals surface area contributed by atoms with Crippen LogP contribution in [0.5, 0.6) is 0 Å². The number of carbonyl (C=O) groups excluding carboxylic acids is 1. The van der Waals surface area contributed by atoms with Gasteiger partial charge in [-0.2, -0.15) is 0 Å². The lowest BCUT2D eigenvalue weighted by Crippen LogP contribution is -2.27. The summed E-state index contributed by atoms with van der Waals surface area (Å²) < 4.78 is 0. The van der Waals surface area contributed by atoms with Crippen LogP contribution in [0.4, 0.5) is 0 Å². The van der Waals surface area contributed by atoms with Crippen LogP contribution in [0.3, 0.4) is 0 Å². The summed E-state index contributed by atoms with van der Waals surface area (Å²) in [6.45, 7) is 0. The molecular formula is C19H17NO. The Morgan fingerprint density at radius 3 is 2.48 bits per heavy atom. The van der Waals surface area contributed by atoms with E-state index in [2.05, 4.69) is 41.4 Å². The molecule has 1 aromatic heterocycles. The van der Waals surface area contributed by atoms with Crippen molar-refractivity contribution in [3.05, 3.63) is 78.1 Å². The van der Waals surface area contributed by atoms with E-state index in [1.807, 2.05) is 24.3 Å². The number of rotatable bonds is 3. The van der Waals surface area contributed by atoms with Crippen molar-refractivity contribution in [1.29, 1.82) is 0 Å². The quantitative estimate of drug-likeness (QED) is 0.628. The van der Waals surface area contributed by atoms with Crippen molar-refractivity contribution in [2.75, 3.05) is 0 Å². The predicted molar refractivity (Wildman–Crippen MR) is 82.0 cm³/mol. The molecule has 4 rings (SSSR count). The molecule has 2 bridgehead atoms. The SMILES string of the molecule is O=C(c1ccccn1)C1C2C=CC(C2)C1c1ccccc1. The lowest BCUT2D eigenvalue weighted by molar-refractivity contribution is 0.0881. The van der Waals surface area contributed by atoms with Crippen molar-refractivity contribution >= 4 is 5.78 Å². The molecule has 1 aromatic carbocycles. The molecule has 4 unspecified atom stereocenters. The molecule has 1 saturated carbocycles. The predicted octanol–water partition coefficient (Wildman–Crippen LogP) is 3.87. The number of Topliss-reactive ketones (excluding diaryl/α,β-unsaturated/α-hetero) is 1. The van der Waals surface area contributed by atoms with Gasteiger partial charge in [-0.05, 0) is 36.0 Å². The Balaban J connectivity index is 1.73. The summed E-state index contributed by atoms with van der Waals surface area (Å²) in [6.07, 6.45) is 7.33. The highest BCUT2D eigenvalue weighted by Crippen LogP contribution is 2.53. The molecule has 1 fully saturated rings. The lowest BCUT2D eigenvalue weighted by atomic mass is 9.75. The van der Waals surface area contributed by atoms with E-state index in [1.54, 1.807) is 6.20 Å². The maximum absolute atomic E-state index is 12.9. The number of hydrogen-bond donors (Lipinski definition) is 0. The van der Waals surface area contributed by atoms with Gasteiger partial charge < -0.3 is 0 Å². The highest BCUT2D eigenvalue weighted by Gasteiger charge is 2.48. The number of aromatic nitrogens is 1. The molecule has 104 valence electrons. The van der Waals surface area contributed by atoms with E-state index in [-0.39, 0.29) is 11.7 Å². The molecule has 2 nitrogen and oxygen atoms in total. The Hall–Kier alpha value is -2.22. The monoisotopic (exact) mass is 275 g/mol. The number of carbonyl (C=O) groups is 1. The summed E-state index contributed by atoms with van der Waals surface area (Å²) in [6, 6.07) is 16.0. The minimum atomic E-state index is 0.0392. The number of allylic oxidation sites excluding steroid dienone is 2. The van der Waals surface area contributed by atoms with Crippen LogP contribution in [-0.2, 0) is 0 Å². The first-order valence-electron chi connectivity index (χ1n) is 7.53. The van der Waals surface area contributed by atoms with Crippen LogP contribution < -0.4 is 0 Å². The summed E-state index contributed by atoms with van der Waals surface area (Å²) in [5, 5.41) is 0. The number of hydrogen-bond acceptors (Lipinski definition) is 2. The first-order valence-corrected chi connectivity index (χ1v) is 7.53. The third kappa shape index (κ3) is 2.02. The van der Waals surface area contributed by atoms with E-state index in [4.69, 9.17) is 0 Å². The molecule has 2 aromatic rings. The molecule has 2 aliphatic rings. The summed E-state index contributed by atoms with van der Waals surface area (Å²) in [5.41, 5.74) is 1.88. The number of benzene rings is 1. The zero-order valence-corrected chi connectivity index (χ0v) is 11.7. The van der Waals surface area contributed by atoms with Gasteiger partial charge in [-0.3, -0.25) is 9.78 Å². The second-order valence-corrected chi connectivity index (χ2v) is 5.99. The standard InChI is InChI=1S/C19H17NO/c21-19(16-8-4-5-11-20-16)18-15-10-9-14(12-15)17(18)13-6-2-1-3-7-13/h1-11,14-15,17-18H,12H2. The van der Waals surface area contributed by atoms with Crippen molar-refractivity contribution in [2.24, 2.45) is 17.8 Å². The summed E-state index contributed by atoms with van der Waals surface area (Å²) in [5.74, 6) is 1.40. The molecular weight excluding hydrogens is 258 g/mol. The Kier molecular flexibility index (Phi) is 2.95. The van der Waals surface area contributed by atoms with Gasteiger partial charge in [-0.1, -0.05) is 48.6 Å². The molecule has 4 atom stereocenters.